The van der Waals surface area contributed by atoms with Crippen LogP contribution >= 0.6 is 7.92 Å². The molecule has 0 N–H and O–H groups in total. The van der Waals surface area contributed by atoms with Gasteiger partial charge in [-0.3, -0.25) is 0 Å². The van der Waals surface area contributed by atoms with Crippen molar-refractivity contribution >= 4 is 34.7 Å². The third-order valence-corrected chi connectivity index (χ3v) is 12.3. The van der Waals surface area contributed by atoms with Crippen molar-refractivity contribution in [2.45, 2.75) is 45.7 Å². The van der Waals surface area contributed by atoms with Crippen LogP contribution < -0.4 is 10.6 Å². The molecule has 0 amide bonds. The van der Waals surface area contributed by atoms with Gasteiger partial charge in [0.25, 0.3) is 0 Å². The lowest BCUT2D eigenvalue weighted by Crippen LogP contribution is -2.33. The summed E-state index contributed by atoms with van der Waals surface area (Å²) in [6.45, 7) is 15.2. The Bertz CT molecular complexity index is 783. The van der Waals surface area contributed by atoms with Crippen LogP contribution in [0.1, 0.15) is 6.42 Å². The molecule has 0 nitrogen and oxygen atoms in total. The molecule has 0 spiro atoms. The summed E-state index contributed by atoms with van der Waals surface area (Å²) in [4.78, 5) is 0. The zero-order valence-electron chi connectivity index (χ0n) is 17.0. The van der Waals surface area contributed by atoms with Crippen LogP contribution in [-0.4, -0.2) is 16.1 Å². The molecule has 3 rings (SSSR count). The molecule has 0 saturated heterocycles. The number of allylic oxidation sites excluding steroid dienone is 4. The highest BCUT2D eigenvalue weighted by atomic mass is 31.1. The molecule has 0 aliphatic heterocycles. The quantitative estimate of drug-likeness (QED) is 0.403. The summed E-state index contributed by atoms with van der Waals surface area (Å²) in [5.41, 5.74) is 0. The molecule has 0 radical (unpaired) electrons. The first-order valence-corrected chi connectivity index (χ1v) is 17.9. The van der Waals surface area contributed by atoms with Crippen molar-refractivity contribution in [3.05, 3.63) is 82.4 Å². The van der Waals surface area contributed by atoms with Crippen LogP contribution in [0.4, 0.5) is 0 Å². The summed E-state index contributed by atoms with van der Waals surface area (Å²) < 4.78 is 0. The smallest absolute Gasteiger partial charge is 0.0774 e. The normalized spacial score (nSPS) is 15.6. The zero-order chi connectivity index (χ0) is 18.9. The third-order valence-electron chi connectivity index (χ3n) is 4.98. The van der Waals surface area contributed by atoms with Crippen molar-refractivity contribution in [3.8, 4) is 0 Å². The standard InChI is InChI=1S/C23H31PSi2/c1-25(2,3)22-18-17-21(23(22)26(4,5)6)24(19-13-9-7-10-14-19)20-15-11-8-12-16-20/h7-17H,18H2,1-6H3. The van der Waals surface area contributed by atoms with Crippen molar-refractivity contribution in [3.63, 3.8) is 0 Å². The molecule has 0 saturated carbocycles. The summed E-state index contributed by atoms with van der Waals surface area (Å²) in [6, 6.07) is 22.4. The van der Waals surface area contributed by atoms with Crippen molar-refractivity contribution in [2.24, 2.45) is 0 Å². The van der Waals surface area contributed by atoms with Gasteiger partial charge in [-0.1, -0.05) is 116 Å². The molecule has 0 heterocycles. The second kappa shape index (κ2) is 7.42. The van der Waals surface area contributed by atoms with Gasteiger partial charge in [-0.25, -0.2) is 0 Å². The molecule has 0 fully saturated rings. The van der Waals surface area contributed by atoms with Gasteiger partial charge in [-0.05, 0) is 30.3 Å². The van der Waals surface area contributed by atoms with E-state index in [1.807, 2.05) is 5.20 Å². The van der Waals surface area contributed by atoms with Gasteiger partial charge in [0.05, 0.1) is 16.1 Å². The van der Waals surface area contributed by atoms with E-state index in [0.717, 1.165) is 0 Å². The van der Waals surface area contributed by atoms with Gasteiger partial charge in [0.1, 0.15) is 0 Å². The Morgan fingerprint density at radius 3 is 1.50 bits per heavy atom. The largest absolute Gasteiger partial charge is 0.0779 e. The molecule has 0 bridgehead atoms. The van der Waals surface area contributed by atoms with Gasteiger partial charge in [-0.15, -0.1) is 0 Å². The fourth-order valence-electron chi connectivity index (χ4n) is 3.86. The molecule has 1 aliphatic rings. The minimum absolute atomic E-state index is 0.469. The highest BCUT2D eigenvalue weighted by molar-refractivity contribution is 7.77. The van der Waals surface area contributed by atoms with Gasteiger partial charge < -0.3 is 0 Å². The van der Waals surface area contributed by atoms with Crippen LogP contribution in [0.5, 0.6) is 0 Å². The molecule has 2 aromatic carbocycles. The maximum absolute atomic E-state index is 2.59. The predicted molar refractivity (Wildman–Crippen MR) is 125 cm³/mol. The first kappa shape index (κ1) is 19.5. The summed E-state index contributed by atoms with van der Waals surface area (Å²) in [7, 11) is -3.21. The lowest BCUT2D eigenvalue weighted by molar-refractivity contribution is 1.34. The maximum atomic E-state index is 2.59. The van der Waals surface area contributed by atoms with E-state index in [0.29, 0.717) is 0 Å². The molecule has 136 valence electrons. The molecule has 3 heteroatoms. The molecule has 1 aliphatic carbocycles. The van der Waals surface area contributed by atoms with Crippen LogP contribution in [0.15, 0.2) is 82.4 Å². The first-order chi connectivity index (χ1) is 12.2. The van der Waals surface area contributed by atoms with Crippen molar-refractivity contribution < 1.29 is 0 Å². The number of benzene rings is 2. The minimum atomic E-state index is -1.43. The van der Waals surface area contributed by atoms with E-state index < -0.39 is 24.1 Å². The van der Waals surface area contributed by atoms with Crippen molar-refractivity contribution in [1.29, 1.82) is 0 Å². The van der Waals surface area contributed by atoms with Crippen LogP contribution in [0, 0.1) is 0 Å². The van der Waals surface area contributed by atoms with Gasteiger partial charge in [0.15, 0.2) is 0 Å². The average Bonchev–Trinajstić information content (AvgIpc) is 3.02. The Labute approximate surface area is 162 Å². The van der Waals surface area contributed by atoms with Crippen LogP contribution in [-0.2, 0) is 0 Å². The first-order valence-electron chi connectivity index (χ1n) is 9.54. The predicted octanol–water partition coefficient (Wildman–Crippen LogP) is 6.46. The summed E-state index contributed by atoms with van der Waals surface area (Å²) in [5, 5.41) is 8.22. The SMILES string of the molecule is C[Si](C)(C)C1=C([Si](C)(C)C)C(P(c2ccccc2)c2ccccc2)=CC1. The Hall–Kier alpha value is -1.22. The number of hydrogen-bond donors (Lipinski definition) is 0. The summed E-state index contributed by atoms with van der Waals surface area (Å²) >= 11 is 0. The van der Waals surface area contributed by atoms with Crippen LogP contribution in [0.3, 0.4) is 0 Å². The molecule has 0 unspecified atom stereocenters. The second-order valence-electron chi connectivity index (χ2n) is 9.15. The summed E-state index contributed by atoms with van der Waals surface area (Å²) in [6.07, 6.45) is 3.77. The monoisotopic (exact) mass is 394 g/mol. The fourth-order valence-corrected chi connectivity index (χ4v) is 13.5. The Balaban J connectivity index is 2.20. The van der Waals surface area contributed by atoms with Crippen molar-refractivity contribution in [2.75, 3.05) is 0 Å². The minimum Gasteiger partial charge on any atom is -0.0774 e. The highest BCUT2D eigenvalue weighted by Crippen LogP contribution is 2.53. The van der Waals surface area contributed by atoms with Crippen LogP contribution in [0.2, 0.25) is 39.3 Å². The van der Waals surface area contributed by atoms with E-state index in [-0.39, 0.29) is 0 Å². The van der Waals surface area contributed by atoms with E-state index in [4.69, 9.17) is 0 Å². The number of rotatable bonds is 5. The molecule has 0 aromatic heterocycles. The van der Waals surface area contributed by atoms with E-state index in [9.17, 15) is 0 Å². The highest BCUT2D eigenvalue weighted by Gasteiger charge is 2.37. The van der Waals surface area contributed by atoms with Gasteiger partial charge in [-0.2, -0.15) is 0 Å². The second-order valence-corrected chi connectivity index (χ2v) is 21.4. The van der Waals surface area contributed by atoms with E-state index in [1.54, 1.807) is 10.5 Å². The molecular weight excluding hydrogens is 363 g/mol. The lowest BCUT2D eigenvalue weighted by atomic mass is 10.4. The zero-order valence-corrected chi connectivity index (χ0v) is 19.9. The molecule has 2 aromatic rings. The van der Waals surface area contributed by atoms with Crippen LogP contribution in [0.25, 0.3) is 0 Å². The van der Waals surface area contributed by atoms with Gasteiger partial charge >= 0.3 is 0 Å². The average molecular weight is 395 g/mol. The van der Waals surface area contributed by atoms with E-state index in [1.165, 1.54) is 17.0 Å². The third kappa shape index (κ3) is 4.03. The molecule has 26 heavy (non-hydrogen) atoms. The Morgan fingerprint density at radius 1 is 0.654 bits per heavy atom. The van der Waals surface area contributed by atoms with E-state index >= 15 is 0 Å². The molecule has 0 atom stereocenters. The lowest BCUT2D eigenvalue weighted by Gasteiger charge is -2.32. The summed E-state index contributed by atoms with van der Waals surface area (Å²) in [5.74, 6) is 0. The Kier molecular flexibility index (Phi) is 5.58. The Morgan fingerprint density at radius 2 is 1.12 bits per heavy atom. The molecular formula is C23H31PSi2. The topological polar surface area (TPSA) is 0 Å². The number of hydrogen-bond acceptors (Lipinski definition) is 0. The maximum Gasteiger partial charge on any atom is 0.0779 e. The fraction of sp³-hybridized carbons (Fsp3) is 0.304. The van der Waals surface area contributed by atoms with E-state index in [2.05, 4.69) is 106 Å². The van der Waals surface area contributed by atoms with Gasteiger partial charge in [0.2, 0.25) is 0 Å². The van der Waals surface area contributed by atoms with Gasteiger partial charge in [0, 0.05) is 0 Å². The van der Waals surface area contributed by atoms with Crippen molar-refractivity contribution in [1.82, 2.24) is 0 Å².